The fourth-order valence-corrected chi connectivity index (χ4v) is 5.31. The van der Waals surface area contributed by atoms with E-state index in [1.54, 1.807) is 0 Å². The molecule has 3 heterocycles. The van der Waals surface area contributed by atoms with E-state index in [2.05, 4.69) is 4.98 Å². The Balaban J connectivity index is 1.73. The van der Waals surface area contributed by atoms with Crippen LogP contribution in [0.2, 0.25) is 0 Å². The predicted molar refractivity (Wildman–Crippen MR) is 136 cm³/mol. The van der Waals surface area contributed by atoms with Gasteiger partial charge in [0.1, 0.15) is 11.9 Å². The van der Waals surface area contributed by atoms with Gasteiger partial charge in [-0.1, -0.05) is 13.3 Å². The van der Waals surface area contributed by atoms with Gasteiger partial charge in [-0.05, 0) is 56.0 Å². The third-order valence-corrected chi connectivity index (χ3v) is 7.60. The van der Waals surface area contributed by atoms with E-state index in [9.17, 15) is 44.3 Å². The minimum Gasteiger partial charge on any atom is -0.439 e. The molecule has 6 nitrogen and oxygen atoms in total. The number of benzene rings is 1. The number of nitrogens with zero attached hydrogens (tertiary/aromatic N) is 3. The number of carbonyl (C=O) groups excluding carboxylic acids is 1. The third-order valence-electron chi connectivity index (χ3n) is 7.60. The summed E-state index contributed by atoms with van der Waals surface area (Å²) in [6.45, 7) is 4.16. The number of aromatic nitrogens is 1. The summed E-state index contributed by atoms with van der Waals surface area (Å²) >= 11 is 0. The quantitative estimate of drug-likeness (QED) is 0.278. The number of cyclic esters (lactones) is 1. The molecule has 1 aromatic carbocycles. The first-order valence-corrected chi connectivity index (χ1v) is 13.7. The number of carbonyl (C=O) groups is 1. The van der Waals surface area contributed by atoms with E-state index in [0.717, 1.165) is 17.4 Å². The molecule has 0 aliphatic carbocycles. The highest BCUT2D eigenvalue weighted by atomic mass is 19.4. The molecule has 2 aromatic rings. The van der Waals surface area contributed by atoms with Gasteiger partial charge >= 0.3 is 24.6 Å². The van der Waals surface area contributed by atoms with Crippen molar-refractivity contribution in [3.63, 3.8) is 0 Å². The van der Waals surface area contributed by atoms with Crippen LogP contribution in [0.3, 0.4) is 0 Å². The van der Waals surface area contributed by atoms with Crippen LogP contribution in [0.15, 0.2) is 30.5 Å². The number of pyridine rings is 1. The van der Waals surface area contributed by atoms with Crippen molar-refractivity contribution >= 4 is 11.9 Å². The van der Waals surface area contributed by atoms with Crippen LogP contribution in [0, 0.1) is 0 Å². The van der Waals surface area contributed by atoms with Crippen molar-refractivity contribution in [3.8, 4) is 0 Å². The van der Waals surface area contributed by atoms with E-state index in [1.165, 1.54) is 6.92 Å². The maximum absolute atomic E-state index is 13.7. The molecule has 0 bridgehead atoms. The lowest BCUT2D eigenvalue weighted by Crippen LogP contribution is -2.42. The second-order valence-corrected chi connectivity index (χ2v) is 10.6. The van der Waals surface area contributed by atoms with E-state index in [0.29, 0.717) is 57.4 Å². The highest BCUT2D eigenvalue weighted by Gasteiger charge is 2.44. The fourth-order valence-electron chi connectivity index (χ4n) is 5.31. The Kier molecular flexibility index (Phi) is 9.43. The molecule has 238 valence electrons. The summed E-state index contributed by atoms with van der Waals surface area (Å²) in [7, 11) is 0. The Morgan fingerprint density at radius 3 is 2.02 bits per heavy atom. The van der Waals surface area contributed by atoms with Crippen molar-refractivity contribution in [1.29, 1.82) is 0 Å². The van der Waals surface area contributed by atoms with Gasteiger partial charge in [0.25, 0.3) is 0 Å². The normalized spacial score (nSPS) is 20.4. The van der Waals surface area contributed by atoms with Crippen molar-refractivity contribution in [2.45, 2.75) is 82.8 Å². The summed E-state index contributed by atoms with van der Waals surface area (Å²) in [5.74, 6) is 0.204. The van der Waals surface area contributed by atoms with Gasteiger partial charge in [0.2, 0.25) is 0 Å². The van der Waals surface area contributed by atoms with Crippen LogP contribution in [-0.4, -0.2) is 47.8 Å². The summed E-state index contributed by atoms with van der Waals surface area (Å²) in [5.41, 5.74) is -4.75. The lowest BCUT2D eigenvalue weighted by Gasteiger charge is -2.37. The number of unbranched alkanes of at least 4 members (excludes halogenated alkanes) is 1. The zero-order valence-electron chi connectivity index (χ0n) is 23.2. The average Bonchev–Trinajstić information content (AvgIpc) is 3.21. The monoisotopic (exact) mass is 627 g/mol. The Labute approximate surface area is 241 Å². The molecule has 1 aromatic heterocycles. The second kappa shape index (κ2) is 12.4. The fraction of sp³-hybridized carbons (Fsp3) is 0.571. The Morgan fingerprint density at radius 2 is 1.49 bits per heavy atom. The van der Waals surface area contributed by atoms with E-state index >= 15 is 0 Å². The summed E-state index contributed by atoms with van der Waals surface area (Å²) < 4.78 is 133. The zero-order valence-corrected chi connectivity index (χ0v) is 23.2. The first-order valence-electron chi connectivity index (χ1n) is 13.7. The highest BCUT2D eigenvalue weighted by Crippen LogP contribution is 2.42. The van der Waals surface area contributed by atoms with E-state index < -0.39 is 65.6 Å². The van der Waals surface area contributed by atoms with Gasteiger partial charge in [0.15, 0.2) is 0 Å². The van der Waals surface area contributed by atoms with Crippen LogP contribution in [0.25, 0.3) is 0 Å². The number of alkyl halides is 9. The molecule has 2 saturated heterocycles. The van der Waals surface area contributed by atoms with E-state index in [-0.39, 0.29) is 23.5 Å². The molecule has 2 aliphatic rings. The molecule has 0 unspecified atom stereocenters. The predicted octanol–water partition coefficient (Wildman–Crippen LogP) is 8.01. The van der Waals surface area contributed by atoms with Crippen molar-refractivity contribution in [3.05, 3.63) is 58.3 Å². The molecule has 2 atom stereocenters. The maximum atomic E-state index is 13.7. The first kappa shape index (κ1) is 32.7. The largest absolute Gasteiger partial charge is 0.439 e. The van der Waals surface area contributed by atoms with E-state index in [1.807, 2.05) is 11.8 Å². The van der Waals surface area contributed by atoms with Crippen LogP contribution < -0.4 is 4.90 Å². The van der Waals surface area contributed by atoms with Crippen LogP contribution in [0.1, 0.15) is 73.5 Å². The number of halogens is 9. The summed E-state index contributed by atoms with van der Waals surface area (Å²) in [5, 5.41) is 0. The molecule has 4 rings (SSSR count). The molecule has 15 heteroatoms. The zero-order chi connectivity index (χ0) is 31.7. The van der Waals surface area contributed by atoms with Crippen molar-refractivity contribution in [2.75, 3.05) is 24.7 Å². The van der Waals surface area contributed by atoms with Gasteiger partial charge in [-0.2, -0.15) is 39.5 Å². The minimum atomic E-state index is -5.12. The smallest absolute Gasteiger partial charge is 0.417 e. The Bertz CT molecular complexity index is 1260. The minimum absolute atomic E-state index is 0.0156. The molecule has 1 amide bonds. The van der Waals surface area contributed by atoms with Crippen molar-refractivity contribution in [1.82, 2.24) is 9.88 Å². The molecular formula is C28H30F9N3O3. The van der Waals surface area contributed by atoms with E-state index in [4.69, 9.17) is 9.47 Å². The number of hydrogen-bond donors (Lipinski definition) is 0. The van der Waals surface area contributed by atoms with Gasteiger partial charge in [0.05, 0.1) is 29.3 Å². The first-order chi connectivity index (χ1) is 20.0. The van der Waals surface area contributed by atoms with Crippen LogP contribution >= 0.6 is 0 Å². The molecule has 0 N–H and O–H groups in total. The molecule has 0 saturated carbocycles. The van der Waals surface area contributed by atoms with Gasteiger partial charge in [-0.25, -0.2) is 9.78 Å². The SMILES string of the molecule is CCCCN(c1ncc(C(F)(F)F)cc1CN1C(=O)O[C@H](c2cc(C(F)(F)F)cc(C(F)(F)F)c2)[C@@H]1C)C1CCOCC1. The van der Waals surface area contributed by atoms with Crippen LogP contribution in [0.4, 0.5) is 50.1 Å². The standard InChI is InChI=1S/C28H30F9N3O3/c1-3-4-7-39(22-5-8-42-9-6-22)24-18(12-21(14-38-24)28(35,36)37)15-40-16(2)23(43-25(40)41)17-10-19(26(29,30)31)13-20(11-17)27(32,33)34/h10-14,16,22-23H,3-9,15H2,1-2H3/t16-,23-/m0/s1. The van der Waals surface area contributed by atoms with Gasteiger partial charge < -0.3 is 14.4 Å². The van der Waals surface area contributed by atoms with Gasteiger partial charge in [-0.3, -0.25) is 4.90 Å². The van der Waals surface area contributed by atoms with Crippen LogP contribution in [-0.2, 0) is 34.5 Å². The van der Waals surface area contributed by atoms with Gasteiger partial charge in [0, 0.05) is 37.6 Å². The summed E-state index contributed by atoms with van der Waals surface area (Å²) in [4.78, 5) is 20.0. The molecule has 0 spiro atoms. The average molecular weight is 628 g/mol. The number of anilines is 1. The van der Waals surface area contributed by atoms with Crippen LogP contribution in [0.5, 0.6) is 0 Å². The van der Waals surface area contributed by atoms with Crippen molar-refractivity contribution in [2.24, 2.45) is 0 Å². The molecule has 2 fully saturated rings. The van der Waals surface area contributed by atoms with Crippen molar-refractivity contribution < 1.29 is 53.8 Å². The molecule has 0 radical (unpaired) electrons. The molecular weight excluding hydrogens is 597 g/mol. The molecule has 43 heavy (non-hydrogen) atoms. The lowest BCUT2D eigenvalue weighted by atomic mass is 9.97. The number of hydrogen-bond acceptors (Lipinski definition) is 5. The third kappa shape index (κ3) is 7.47. The Morgan fingerprint density at radius 1 is 0.907 bits per heavy atom. The van der Waals surface area contributed by atoms with Gasteiger partial charge in [-0.15, -0.1) is 0 Å². The number of amides is 1. The summed E-state index contributed by atoms with van der Waals surface area (Å²) in [6.07, 6.45) is -14.3. The Hall–Kier alpha value is -3.23. The number of rotatable bonds is 8. The topological polar surface area (TPSA) is 54.9 Å². The second-order valence-electron chi connectivity index (χ2n) is 10.6. The number of ether oxygens (including phenoxy) is 2. The molecule has 2 aliphatic heterocycles. The lowest BCUT2D eigenvalue weighted by molar-refractivity contribution is -0.143. The summed E-state index contributed by atoms with van der Waals surface area (Å²) in [6, 6.07) is 0.533. The highest BCUT2D eigenvalue weighted by molar-refractivity contribution is 5.71. The maximum Gasteiger partial charge on any atom is 0.417 e.